The number of halogens is 2. The van der Waals surface area contributed by atoms with Gasteiger partial charge in [0.25, 0.3) is 0 Å². The highest BCUT2D eigenvalue weighted by molar-refractivity contribution is 8.00. The van der Waals surface area contributed by atoms with Crippen LogP contribution in [0.5, 0.6) is 0 Å². The summed E-state index contributed by atoms with van der Waals surface area (Å²) in [5.41, 5.74) is 2.43. The van der Waals surface area contributed by atoms with Crippen LogP contribution in [0.2, 0.25) is 10.0 Å². The van der Waals surface area contributed by atoms with Crippen LogP contribution in [-0.2, 0) is 4.79 Å². The van der Waals surface area contributed by atoms with E-state index >= 15 is 0 Å². The van der Waals surface area contributed by atoms with Crippen LogP contribution in [0.1, 0.15) is 25.3 Å². The molecule has 0 aromatic heterocycles. The molecule has 1 N–H and O–H groups in total. The Hall–Kier alpha value is -0.970. The molecule has 0 fully saturated rings. The van der Waals surface area contributed by atoms with E-state index in [2.05, 4.69) is 4.99 Å². The molecule has 1 aliphatic heterocycles. The van der Waals surface area contributed by atoms with E-state index in [4.69, 9.17) is 23.2 Å². The van der Waals surface area contributed by atoms with Gasteiger partial charge in [-0.3, -0.25) is 4.99 Å². The van der Waals surface area contributed by atoms with E-state index in [9.17, 15) is 9.90 Å². The highest BCUT2D eigenvalue weighted by Crippen LogP contribution is 2.43. The molecule has 1 heterocycles. The zero-order valence-corrected chi connectivity index (χ0v) is 14.2. The lowest BCUT2D eigenvalue weighted by atomic mass is 9.83. The van der Waals surface area contributed by atoms with E-state index < -0.39 is 5.97 Å². The van der Waals surface area contributed by atoms with Gasteiger partial charge >= 0.3 is 5.97 Å². The molecule has 21 heavy (non-hydrogen) atoms. The van der Waals surface area contributed by atoms with E-state index in [0.717, 1.165) is 11.3 Å². The predicted molar refractivity (Wildman–Crippen MR) is 90.0 cm³/mol. The topological polar surface area (TPSA) is 49.7 Å². The monoisotopic (exact) mass is 343 g/mol. The van der Waals surface area contributed by atoms with E-state index in [1.807, 2.05) is 19.2 Å². The van der Waals surface area contributed by atoms with Crippen LogP contribution in [0.25, 0.3) is 0 Å². The zero-order valence-electron chi connectivity index (χ0n) is 11.9. The lowest BCUT2D eigenvalue weighted by molar-refractivity contribution is -0.133. The third kappa shape index (κ3) is 2.98. The molecule has 0 aliphatic carbocycles. The maximum atomic E-state index is 11.7. The van der Waals surface area contributed by atoms with Gasteiger partial charge in [0.2, 0.25) is 0 Å². The Balaban J connectivity index is 2.69. The number of hydrogen-bond donors (Lipinski definition) is 1. The average Bonchev–Trinajstić information content (AvgIpc) is 2.40. The first-order chi connectivity index (χ1) is 9.88. The lowest BCUT2D eigenvalue weighted by Crippen LogP contribution is -2.31. The Morgan fingerprint density at radius 1 is 1.33 bits per heavy atom. The van der Waals surface area contributed by atoms with Crippen LogP contribution in [-0.4, -0.2) is 28.3 Å². The number of aliphatic carboxylic acids is 1. The second kappa shape index (κ2) is 6.42. The molecule has 3 nitrogen and oxygen atoms in total. The third-order valence-electron chi connectivity index (χ3n) is 3.56. The smallest absolute Gasteiger partial charge is 0.334 e. The summed E-state index contributed by atoms with van der Waals surface area (Å²) in [6, 6.07) is 5.32. The number of benzene rings is 1. The molecular formula is C15H15Cl2NO2S. The molecule has 2 rings (SSSR count). The molecule has 0 saturated carbocycles. The van der Waals surface area contributed by atoms with Gasteiger partial charge in [0.15, 0.2) is 0 Å². The molecule has 112 valence electrons. The van der Waals surface area contributed by atoms with Crippen molar-refractivity contribution in [2.24, 2.45) is 4.99 Å². The Labute approximate surface area is 138 Å². The number of hydrogen-bond acceptors (Lipinski definition) is 3. The number of rotatable bonds is 3. The summed E-state index contributed by atoms with van der Waals surface area (Å²) in [4.78, 5) is 16.1. The maximum Gasteiger partial charge on any atom is 0.334 e. The summed E-state index contributed by atoms with van der Waals surface area (Å²) in [7, 11) is 0. The molecule has 2 unspecified atom stereocenters. The summed E-state index contributed by atoms with van der Waals surface area (Å²) < 4.78 is 0. The molecule has 1 aromatic rings. The number of carboxylic acids is 1. The van der Waals surface area contributed by atoms with Crippen molar-refractivity contribution in [1.29, 1.82) is 0 Å². The molecule has 1 aliphatic rings. The van der Waals surface area contributed by atoms with Gasteiger partial charge in [-0.2, -0.15) is 11.8 Å². The van der Waals surface area contributed by atoms with E-state index in [-0.39, 0.29) is 16.7 Å². The van der Waals surface area contributed by atoms with Gasteiger partial charge in [0.05, 0.1) is 20.9 Å². The number of allylic oxidation sites excluding steroid dienone is 1. The lowest BCUT2D eigenvalue weighted by Gasteiger charge is -2.31. The minimum atomic E-state index is -0.969. The standard InChI is InChI=1S/C15H15Cl2NO2S/c1-7-11(15(19)20)12(14(21-3)8(2)18-7)9-5-4-6-10(16)13(9)17/h4-6,12,14H,1-3H3,(H,19,20). The van der Waals surface area contributed by atoms with Gasteiger partial charge in [-0.15, -0.1) is 0 Å². The van der Waals surface area contributed by atoms with Crippen molar-refractivity contribution in [2.75, 3.05) is 6.26 Å². The fourth-order valence-corrected chi connectivity index (χ4v) is 4.05. The second-order valence-electron chi connectivity index (χ2n) is 4.83. The molecular weight excluding hydrogens is 329 g/mol. The Kier molecular flexibility index (Phi) is 5.02. The first-order valence-electron chi connectivity index (χ1n) is 6.34. The fourth-order valence-electron chi connectivity index (χ4n) is 2.68. The number of carbonyl (C=O) groups is 1. The summed E-state index contributed by atoms with van der Waals surface area (Å²) in [5.74, 6) is -1.33. The van der Waals surface area contributed by atoms with Gasteiger partial charge in [-0.1, -0.05) is 35.3 Å². The van der Waals surface area contributed by atoms with Gasteiger partial charge in [-0.25, -0.2) is 4.79 Å². The fraction of sp³-hybridized carbons (Fsp3) is 0.333. The van der Waals surface area contributed by atoms with Crippen molar-refractivity contribution in [1.82, 2.24) is 0 Å². The highest BCUT2D eigenvalue weighted by Gasteiger charge is 2.37. The van der Waals surface area contributed by atoms with Crippen molar-refractivity contribution in [2.45, 2.75) is 25.0 Å². The summed E-state index contributed by atoms with van der Waals surface area (Å²) in [5, 5.41) is 10.3. The maximum absolute atomic E-state index is 11.7. The van der Waals surface area contributed by atoms with Gasteiger partial charge in [0.1, 0.15) is 0 Å². The Bertz CT molecular complexity index is 655. The van der Waals surface area contributed by atoms with Crippen molar-refractivity contribution >= 4 is 46.6 Å². The minimum Gasteiger partial charge on any atom is -0.478 e. The van der Waals surface area contributed by atoms with Gasteiger partial charge in [-0.05, 0) is 31.7 Å². The SMILES string of the molecule is CSC1C(C)=NC(C)=C(C(=O)O)C1c1cccc(Cl)c1Cl. The molecule has 6 heteroatoms. The largest absolute Gasteiger partial charge is 0.478 e. The summed E-state index contributed by atoms with van der Waals surface area (Å²) in [6.07, 6.45) is 1.94. The first kappa shape index (κ1) is 16.4. The molecule has 0 amide bonds. The molecule has 0 spiro atoms. The van der Waals surface area contributed by atoms with Crippen molar-refractivity contribution in [3.8, 4) is 0 Å². The average molecular weight is 344 g/mol. The number of carboxylic acid groups (broad SMARTS) is 1. The molecule has 0 radical (unpaired) electrons. The van der Waals surface area contributed by atoms with E-state index in [1.165, 1.54) is 0 Å². The Morgan fingerprint density at radius 2 is 2.00 bits per heavy atom. The van der Waals surface area contributed by atoms with Gasteiger partial charge < -0.3 is 5.11 Å². The summed E-state index contributed by atoms with van der Waals surface area (Å²) in [6.45, 7) is 3.63. The van der Waals surface area contributed by atoms with Crippen LogP contribution >= 0.6 is 35.0 Å². The van der Waals surface area contributed by atoms with Crippen LogP contribution in [0.4, 0.5) is 0 Å². The van der Waals surface area contributed by atoms with Crippen molar-refractivity contribution in [3.05, 3.63) is 45.1 Å². The van der Waals surface area contributed by atoms with Crippen molar-refractivity contribution in [3.63, 3.8) is 0 Å². The third-order valence-corrected chi connectivity index (χ3v) is 5.51. The molecule has 0 saturated heterocycles. The highest BCUT2D eigenvalue weighted by atomic mass is 35.5. The molecule has 0 bridgehead atoms. The van der Waals surface area contributed by atoms with E-state index in [0.29, 0.717) is 15.7 Å². The van der Waals surface area contributed by atoms with Crippen LogP contribution in [0.15, 0.2) is 34.5 Å². The normalized spacial score (nSPS) is 22.2. The second-order valence-corrected chi connectivity index (χ2v) is 6.60. The quantitative estimate of drug-likeness (QED) is 0.869. The summed E-state index contributed by atoms with van der Waals surface area (Å²) >= 11 is 14.0. The zero-order chi connectivity index (χ0) is 15.7. The first-order valence-corrected chi connectivity index (χ1v) is 8.38. The molecule has 2 atom stereocenters. The Morgan fingerprint density at radius 3 is 2.57 bits per heavy atom. The number of thioether (sulfide) groups is 1. The van der Waals surface area contributed by atoms with Gasteiger partial charge in [0, 0.05) is 17.3 Å². The van der Waals surface area contributed by atoms with E-state index in [1.54, 1.807) is 30.8 Å². The molecule has 1 aromatic carbocycles. The van der Waals surface area contributed by atoms with Crippen LogP contribution in [0, 0.1) is 0 Å². The predicted octanol–water partition coefficient (Wildman–Crippen LogP) is 4.64. The van der Waals surface area contributed by atoms with Crippen LogP contribution in [0.3, 0.4) is 0 Å². The number of nitrogens with zero attached hydrogens (tertiary/aromatic N) is 1. The minimum absolute atomic E-state index is 0.0734. The number of aliphatic imine (C=N–C) groups is 1. The van der Waals surface area contributed by atoms with Crippen molar-refractivity contribution < 1.29 is 9.90 Å². The van der Waals surface area contributed by atoms with Crippen LogP contribution < -0.4 is 0 Å².